The van der Waals surface area contributed by atoms with Crippen molar-refractivity contribution in [3.8, 4) is 6.07 Å². The number of pyridine rings is 1. The van der Waals surface area contributed by atoms with Crippen LogP contribution in [0.4, 0.5) is 5.82 Å². The minimum absolute atomic E-state index is 0.236. The molecule has 1 aliphatic carbocycles. The van der Waals surface area contributed by atoms with Gasteiger partial charge in [-0.15, -0.1) is 0 Å². The monoisotopic (exact) mass is 338 g/mol. The minimum Gasteiger partial charge on any atom is -0.355 e. The third-order valence-electron chi connectivity index (χ3n) is 6.31. The Bertz CT molecular complexity index is 691. The number of carbonyl (C=O) groups is 1. The summed E-state index contributed by atoms with van der Waals surface area (Å²) < 4.78 is 0. The summed E-state index contributed by atoms with van der Waals surface area (Å²) in [4.78, 5) is 22.2. The number of likely N-dealkylation sites (tertiary alicyclic amines) is 1. The van der Waals surface area contributed by atoms with Gasteiger partial charge in [-0.3, -0.25) is 4.79 Å². The first kappa shape index (κ1) is 16.4. The molecule has 5 heteroatoms. The van der Waals surface area contributed by atoms with Crippen LogP contribution in [0, 0.1) is 16.7 Å². The van der Waals surface area contributed by atoms with E-state index in [0.717, 1.165) is 44.7 Å². The Morgan fingerprint density at radius 3 is 2.76 bits per heavy atom. The summed E-state index contributed by atoms with van der Waals surface area (Å²) in [5.41, 5.74) is 0.206. The Kier molecular flexibility index (Phi) is 4.37. The maximum absolute atomic E-state index is 13.4. The Morgan fingerprint density at radius 1 is 1.12 bits per heavy atom. The van der Waals surface area contributed by atoms with Crippen molar-refractivity contribution < 1.29 is 4.79 Å². The smallest absolute Gasteiger partial charge is 0.230 e. The van der Waals surface area contributed by atoms with Crippen molar-refractivity contribution >= 4 is 11.7 Å². The van der Waals surface area contributed by atoms with Crippen molar-refractivity contribution in [1.82, 2.24) is 9.88 Å². The number of nitrogens with zero attached hydrogens (tertiary/aromatic N) is 4. The molecule has 1 saturated carbocycles. The van der Waals surface area contributed by atoms with Crippen molar-refractivity contribution in [1.29, 1.82) is 5.26 Å². The number of rotatable bonds is 2. The zero-order chi connectivity index (χ0) is 17.3. The molecular formula is C20H26N4O. The number of anilines is 1. The molecule has 3 fully saturated rings. The number of hydrogen-bond acceptors (Lipinski definition) is 4. The van der Waals surface area contributed by atoms with Gasteiger partial charge in [0.05, 0.1) is 5.41 Å². The van der Waals surface area contributed by atoms with Gasteiger partial charge in [-0.1, -0.05) is 25.3 Å². The lowest BCUT2D eigenvalue weighted by Crippen LogP contribution is -2.54. The van der Waals surface area contributed by atoms with E-state index >= 15 is 0 Å². The van der Waals surface area contributed by atoms with E-state index in [1.54, 1.807) is 6.07 Å². The van der Waals surface area contributed by atoms with Crippen molar-refractivity contribution in [2.75, 3.05) is 24.5 Å². The van der Waals surface area contributed by atoms with Crippen molar-refractivity contribution in [3.05, 3.63) is 23.9 Å². The molecule has 1 atom stereocenters. The number of nitriles is 1. The molecule has 2 saturated heterocycles. The highest BCUT2D eigenvalue weighted by Gasteiger charge is 2.49. The lowest BCUT2D eigenvalue weighted by atomic mass is 9.77. The SMILES string of the molecule is N#Cc1cccc(N2CC[C@@]3(CCCN(C4CCCCC4)C3=O)C2)n1. The quantitative estimate of drug-likeness (QED) is 0.831. The maximum Gasteiger partial charge on any atom is 0.230 e. The second-order valence-corrected chi connectivity index (χ2v) is 7.84. The van der Waals surface area contributed by atoms with Gasteiger partial charge in [0.15, 0.2) is 0 Å². The molecule has 25 heavy (non-hydrogen) atoms. The van der Waals surface area contributed by atoms with Gasteiger partial charge in [0, 0.05) is 25.7 Å². The average Bonchev–Trinajstić information content (AvgIpc) is 3.10. The standard InChI is InChI=1S/C20H26N4O/c21-14-16-6-4-9-18(22-16)23-13-11-20(15-23)10-5-12-24(19(20)25)17-7-2-1-3-8-17/h4,6,9,17H,1-3,5,7-8,10-13,15H2/t20-/m0/s1. The zero-order valence-electron chi connectivity index (χ0n) is 14.8. The van der Waals surface area contributed by atoms with Crippen LogP contribution in [0.3, 0.4) is 0 Å². The highest BCUT2D eigenvalue weighted by molar-refractivity contribution is 5.85. The Labute approximate surface area is 149 Å². The van der Waals surface area contributed by atoms with E-state index < -0.39 is 0 Å². The zero-order valence-corrected chi connectivity index (χ0v) is 14.8. The fraction of sp³-hybridized carbons (Fsp3) is 0.650. The fourth-order valence-corrected chi connectivity index (χ4v) is 4.95. The number of amides is 1. The van der Waals surface area contributed by atoms with Gasteiger partial charge in [0.25, 0.3) is 0 Å². The first-order valence-corrected chi connectivity index (χ1v) is 9.65. The lowest BCUT2D eigenvalue weighted by Gasteiger charge is -2.44. The normalized spacial score (nSPS) is 27.7. The minimum atomic E-state index is -0.236. The van der Waals surface area contributed by atoms with E-state index in [9.17, 15) is 4.79 Å². The predicted molar refractivity (Wildman–Crippen MR) is 96.0 cm³/mol. The molecule has 0 N–H and O–H groups in total. The van der Waals surface area contributed by atoms with Gasteiger partial charge in [0.2, 0.25) is 5.91 Å². The van der Waals surface area contributed by atoms with Crippen LogP contribution >= 0.6 is 0 Å². The molecule has 4 rings (SSSR count). The van der Waals surface area contributed by atoms with Crippen molar-refractivity contribution in [3.63, 3.8) is 0 Å². The van der Waals surface area contributed by atoms with Gasteiger partial charge in [0.1, 0.15) is 17.6 Å². The van der Waals surface area contributed by atoms with E-state index in [-0.39, 0.29) is 5.41 Å². The van der Waals surface area contributed by atoms with Crippen LogP contribution in [0.5, 0.6) is 0 Å². The molecule has 1 aromatic rings. The molecule has 0 aromatic carbocycles. The highest BCUT2D eigenvalue weighted by Crippen LogP contribution is 2.42. The first-order valence-electron chi connectivity index (χ1n) is 9.65. The van der Waals surface area contributed by atoms with Crippen LogP contribution in [0.15, 0.2) is 18.2 Å². The van der Waals surface area contributed by atoms with E-state index in [2.05, 4.69) is 20.9 Å². The van der Waals surface area contributed by atoms with Crippen LogP contribution < -0.4 is 4.90 Å². The molecule has 2 aliphatic heterocycles. The molecule has 0 unspecified atom stereocenters. The van der Waals surface area contributed by atoms with Gasteiger partial charge in [-0.2, -0.15) is 5.26 Å². The molecule has 3 aliphatic rings. The van der Waals surface area contributed by atoms with Crippen LogP contribution in [0.1, 0.15) is 57.1 Å². The van der Waals surface area contributed by atoms with Crippen molar-refractivity contribution in [2.24, 2.45) is 5.41 Å². The summed E-state index contributed by atoms with van der Waals surface area (Å²) in [6, 6.07) is 8.13. The Morgan fingerprint density at radius 2 is 1.96 bits per heavy atom. The van der Waals surface area contributed by atoms with E-state index in [4.69, 9.17) is 5.26 Å². The molecule has 0 bridgehead atoms. The number of aromatic nitrogens is 1. The summed E-state index contributed by atoms with van der Waals surface area (Å²) in [6.07, 6.45) is 9.21. The number of piperidine rings is 1. The molecule has 5 nitrogen and oxygen atoms in total. The second kappa shape index (κ2) is 6.67. The Hall–Kier alpha value is -2.09. The van der Waals surface area contributed by atoms with Crippen LogP contribution in [-0.2, 0) is 4.79 Å². The summed E-state index contributed by atoms with van der Waals surface area (Å²) in [5.74, 6) is 1.21. The summed E-state index contributed by atoms with van der Waals surface area (Å²) in [5, 5.41) is 9.08. The lowest BCUT2D eigenvalue weighted by molar-refractivity contribution is -0.148. The molecule has 3 heterocycles. The van der Waals surface area contributed by atoms with Gasteiger partial charge >= 0.3 is 0 Å². The maximum atomic E-state index is 13.4. The number of hydrogen-bond donors (Lipinski definition) is 0. The molecule has 1 amide bonds. The van der Waals surface area contributed by atoms with Crippen LogP contribution in [0.2, 0.25) is 0 Å². The van der Waals surface area contributed by atoms with Gasteiger partial charge in [-0.05, 0) is 44.2 Å². The fourth-order valence-electron chi connectivity index (χ4n) is 4.95. The molecule has 1 spiro atoms. The van der Waals surface area contributed by atoms with Crippen LogP contribution in [0.25, 0.3) is 0 Å². The van der Waals surface area contributed by atoms with E-state index in [1.807, 2.05) is 12.1 Å². The third kappa shape index (κ3) is 2.99. The third-order valence-corrected chi connectivity index (χ3v) is 6.31. The highest BCUT2D eigenvalue weighted by atomic mass is 16.2. The van der Waals surface area contributed by atoms with Gasteiger partial charge < -0.3 is 9.80 Å². The Balaban J connectivity index is 1.51. The summed E-state index contributed by atoms with van der Waals surface area (Å²) in [7, 11) is 0. The van der Waals surface area contributed by atoms with E-state index in [1.165, 1.54) is 32.1 Å². The second-order valence-electron chi connectivity index (χ2n) is 7.84. The van der Waals surface area contributed by atoms with Crippen LogP contribution in [-0.4, -0.2) is 41.5 Å². The molecular weight excluding hydrogens is 312 g/mol. The van der Waals surface area contributed by atoms with E-state index in [0.29, 0.717) is 17.6 Å². The van der Waals surface area contributed by atoms with Gasteiger partial charge in [-0.25, -0.2) is 4.98 Å². The number of carbonyl (C=O) groups excluding carboxylic acids is 1. The van der Waals surface area contributed by atoms with Crippen molar-refractivity contribution in [2.45, 2.75) is 57.4 Å². The largest absolute Gasteiger partial charge is 0.355 e. The average molecular weight is 338 g/mol. The summed E-state index contributed by atoms with van der Waals surface area (Å²) >= 11 is 0. The molecule has 0 radical (unpaired) electrons. The summed E-state index contributed by atoms with van der Waals surface area (Å²) in [6.45, 7) is 2.54. The molecule has 132 valence electrons. The molecule has 1 aromatic heterocycles. The first-order chi connectivity index (χ1) is 12.2. The topological polar surface area (TPSA) is 60.2 Å². The predicted octanol–water partition coefficient (Wildman–Crippen LogP) is 3.10.